The first-order valence-corrected chi connectivity index (χ1v) is 3.97. The van der Waals surface area contributed by atoms with Crippen LogP contribution >= 0.6 is 23.2 Å². The molecule has 0 saturated carbocycles. The zero-order valence-electron chi connectivity index (χ0n) is 6.44. The molecule has 0 unspecified atom stereocenters. The van der Waals surface area contributed by atoms with Crippen LogP contribution in [0.1, 0.15) is 0 Å². The van der Waals surface area contributed by atoms with Gasteiger partial charge in [-0.3, -0.25) is 20.2 Å². The van der Waals surface area contributed by atoms with E-state index in [2.05, 4.69) is 0 Å². The average Bonchev–Trinajstić information content (AvgIpc) is 2.08. The molecule has 6 nitrogen and oxygen atoms in total. The molecule has 0 aliphatic rings. The molecule has 0 spiro atoms. The maximum absolute atomic E-state index is 10.4. The Kier molecular flexibility index (Phi) is 2.87. The average molecular weight is 237 g/mol. The van der Waals surface area contributed by atoms with Crippen molar-refractivity contribution in [1.29, 1.82) is 0 Å². The molecule has 1 aromatic carbocycles. The van der Waals surface area contributed by atoms with E-state index in [-0.39, 0.29) is 10.0 Å². The minimum absolute atomic E-state index is 0.215. The first kappa shape index (κ1) is 10.7. The highest BCUT2D eigenvalue weighted by molar-refractivity contribution is 6.43. The highest BCUT2D eigenvalue weighted by atomic mass is 35.5. The molecule has 0 saturated heterocycles. The van der Waals surface area contributed by atoms with E-state index in [1.54, 1.807) is 0 Å². The van der Waals surface area contributed by atoms with Crippen LogP contribution in [0.25, 0.3) is 0 Å². The number of nitro benzene ring substituents is 2. The van der Waals surface area contributed by atoms with Gasteiger partial charge >= 0.3 is 0 Å². The van der Waals surface area contributed by atoms with Crippen molar-refractivity contribution in [3.05, 3.63) is 42.4 Å². The highest BCUT2D eigenvalue weighted by Crippen LogP contribution is 2.35. The van der Waals surface area contributed by atoms with E-state index in [0.29, 0.717) is 0 Å². The standard InChI is InChI=1S/C6H2Cl2N2O4/c7-4-1-3(9(11)12)2-5(6(4)8)10(13)14/h1-2H. The van der Waals surface area contributed by atoms with Crippen molar-refractivity contribution in [2.24, 2.45) is 0 Å². The van der Waals surface area contributed by atoms with Gasteiger partial charge in [0.05, 0.1) is 20.9 Å². The second kappa shape index (κ2) is 3.77. The lowest BCUT2D eigenvalue weighted by Gasteiger charge is -1.97. The predicted molar refractivity (Wildman–Crippen MR) is 49.8 cm³/mol. The molecule has 8 heteroatoms. The fourth-order valence-electron chi connectivity index (χ4n) is 0.799. The molecule has 0 aliphatic carbocycles. The molecule has 0 N–H and O–H groups in total. The zero-order valence-corrected chi connectivity index (χ0v) is 7.95. The summed E-state index contributed by atoms with van der Waals surface area (Å²) >= 11 is 10.9. The van der Waals surface area contributed by atoms with Crippen molar-refractivity contribution in [3.8, 4) is 0 Å². The Hall–Kier alpha value is -1.40. The lowest BCUT2D eigenvalue weighted by molar-refractivity contribution is -0.394. The van der Waals surface area contributed by atoms with Crippen LogP contribution in [0, 0.1) is 20.2 Å². The molecule has 1 aromatic rings. The van der Waals surface area contributed by atoms with E-state index in [1.165, 1.54) is 0 Å². The molecule has 0 fully saturated rings. The summed E-state index contributed by atoms with van der Waals surface area (Å²) in [5.41, 5.74) is -1.04. The van der Waals surface area contributed by atoms with Crippen molar-refractivity contribution < 1.29 is 9.85 Å². The van der Waals surface area contributed by atoms with E-state index < -0.39 is 21.2 Å². The molecule has 0 radical (unpaired) electrons. The molecule has 0 atom stereocenters. The Morgan fingerprint density at radius 1 is 1.07 bits per heavy atom. The van der Waals surface area contributed by atoms with Gasteiger partial charge in [0.2, 0.25) is 0 Å². The number of halogens is 2. The number of hydrogen-bond donors (Lipinski definition) is 0. The summed E-state index contributed by atoms with van der Waals surface area (Å²) in [4.78, 5) is 19.1. The van der Waals surface area contributed by atoms with Crippen molar-refractivity contribution in [1.82, 2.24) is 0 Å². The Balaban J connectivity index is 3.43. The van der Waals surface area contributed by atoms with E-state index in [0.717, 1.165) is 12.1 Å². The monoisotopic (exact) mass is 236 g/mol. The quantitative estimate of drug-likeness (QED) is 0.584. The molecule has 0 bridgehead atoms. The normalized spacial score (nSPS) is 9.86. The molecular formula is C6H2Cl2N2O4. The Bertz CT molecular complexity index is 421. The number of nitrogens with zero attached hydrogens (tertiary/aromatic N) is 2. The summed E-state index contributed by atoms with van der Waals surface area (Å²) in [6.07, 6.45) is 0. The zero-order chi connectivity index (χ0) is 10.9. The topological polar surface area (TPSA) is 86.3 Å². The summed E-state index contributed by atoms with van der Waals surface area (Å²) in [5, 5.41) is 20.2. The molecular weight excluding hydrogens is 235 g/mol. The van der Waals surface area contributed by atoms with Gasteiger partial charge in [-0.25, -0.2) is 0 Å². The van der Waals surface area contributed by atoms with Gasteiger partial charge in [0.15, 0.2) is 0 Å². The molecule has 0 aliphatic heterocycles. The third kappa shape index (κ3) is 1.91. The van der Waals surface area contributed by atoms with Crippen LogP contribution in [0.3, 0.4) is 0 Å². The number of hydrogen-bond acceptors (Lipinski definition) is 4. The van der Waals surface area contributed by atoms with Crippen LogP contribution in [0.4, 0.5) is 11.4 Å². The molecule has 74 valence electrons. The van der Waals surface area contributed by atoms with Gasteiger partial charge in [0.25, 0.3) is 11.4 Å². The largest absolute Gasteiger partial charge is 0.296 e. The van der Waals surface area contributed by atoms with Crippen molar-refractivity contribution >= 4 is 34.6 Å². The number of rotatable bonds is 2. The number of benzene rings is 1. The molecule has 0 heterocycles. The van der Waals surface area contributed by atoms with Crippen LogP contribution in [0.5, 0.6) is 0 Å². The lowest BCUT2D eigenvalue weighted by atomic mass is 10.3. The predicted octanol–water partition coefficient (Wildman–Crippen LogP) is 2.81. The molecule has 0 amide bonds. The maximum Gasteiger partial charge on any atom is 0.296 e. The van der Waals surface area contributed by atoms with Gasteiger partial charge in [-0.05, 0) is 0 Å². The lowest BCUT2D eigenvalue weighted by Crippen LogP contribution is -1.93. The van der Waals surface area contributed by atoms with Gasteiger partial charge in [0.1, 0.15) is 5.02 Å². The van der Waals surface area contributed by atoms with Crippen molar-refractivity contribution in [3.63, 3.8) is 0 Å². The summed E-state index contributed by atoms with van der Waals surface area (Å²) in [5.74, 6) is 0. The van der Waals surface area contributed by atoms with E-state index >= 15 is 0 Å². The third-order valence-corrected chi connectivity index (χ3v) is 2.19. The SMILES string of the molecule is O=[N+]([O-])c1cc(Cl)c(Cl)c([N+](=O)[O-])c1. The van der Waals surface area contributed by atoms with Crippen LogP contribution in [0.15, 0.2) is 12.1 Å². The van der Waals surface area contributed by atoms with Gasteiger partial charge in [-0.15, -0.1) is 0 Å². The minimum atomic E-state index is -0.832. The third-order valence-electron chi connectivity index (χ3n) is 1.40. The molecule has 0 aromatic heterocycles. The van der Waals surface area contributed by atoms with Gasteiger partial charge in [0, 0.05) is 6.07 Å². The van der Waals surface area contributed by atoms with Gasteiger partial charge in [-0.1, -0.05) is 23.2 Å². The fraction of sp³-hybridized carbons (Fsp3) is 0. The van der Waals surface area contributed by atoms with Crippen LogP contribution < -0.4 is 0 Å². The summed E-state index contributed by atoms with van der Waals surface area (Å²) < 4.78 is 0. The first-order chi connectivity index (χ1) is 6.43. The van der Waals surface area contributed by atoms with E-state index in [4.69, 9.17) is 23.2 Å². The van der Waals surface area contributed by atoms with Gasteiger partial charge in [-0.2, -0.15) is 0 Å². The molecule has 1 rings (SSSR count). The Labute approximate surface area is 87.3 Å². The van der Waals surface area contributed by atoms with E-state index in [9.17, 15) is 20.2 Å². The minimum Gasteiger partial charge on any atom is -0.258 e. The molecule has 14 heavy (non-hydrogen) atoms. The van der Waals surface area contributed by atoms with Crippen LogP contribution in [-0.2, 0) is 0 Å². The van der Waals surface area contributed by atoms with Crippen LogP contribution in [-0.4, -0.2) is 9.85 Å². The Morgan fingerprint density at radius 3 is 2.07 bits per heavy atom. The first-order valence-electron chi connectivity index (χ1n) is 3.21. The van der Waals surface area contributed by atoms with Gasteiger partial charge < -0.3 is 0 Å². The smallest absolute Gasteiger partial charge is 0.258 e. The number of non-ortho nitro benzene ring substituents is 1. The van der Waals surface area contributed by atoms with E-state index in [1.807, 2.05) is 0 Å². The summed E-state index contributed by atoms with van der Waals surface area (Å²) in [6.45, 7) is 0. The summed E-state index contributed by atoms with van der Waals surface area (Å²) in [6, 6.07) is 1.71. The second-order valence-corrected chi connectivity index (χ2v) is 3.06. The van der Waals surface area contributed by atoms with Crippen LogP contribution in [0.2, 0.25) is 10.0 Å². The van der Waals surface area contributed by atoms with Crippen molar-refractivity contribution in [2.75, 3.05) is 0 Å². The highest BCUT2D eigenvalue weighted by Gasteiger charge is 2.21. The van der Waals surface area contributed by atoms with Crippen molar-refractivity contribution in [2.45, 2.75) is 0 Å². The maximum atomic E-state index is 10.4. The second-order valence-electron chi connectivity index (χ2n) is 2.27. The summed E-state index contributed by atoms with van der Waals surface area (Å²) in [7, 11) is 0. The Morgan fingerprint density at radius 2 is 1.64 bits per heavy atom. The fourth-order valence-corrected chi connectivity index (χ4v) is 1.19. The number of nitro groups is 2.